The van der Waals surface area contributed by atoms with Gasteiger partial charge in [-0.15, -0.1) is 0 Å². The van der Waals surface area contributed by atoms with Gasteiger partial charge in [0.05, 0.1) is 11.3 Å². The minimum absolute atomic E-state index is 0.327. The molecule has 0 amide bonds. The molecule has 0 radical (unpaired) electrons. The van der Waals surface area contributed by atoms with E-state index >= 15 is 0 Å². The van der Waals surface area contributed by atoms with Gasteiger partial charge in [-0.1, -0.05) is 0 Å². The lowest BCUT2D eigenvalue weighted by molar-refractivity contribution is -0.137. The van der Waals surface area contributed by atoms with Gasteiger partial charge in [0.15, 0.2) is 0 Å². The molecule has 0 atom stereocenters. The SMILES string of the molecule is CCn1cc(C)nc1Oc1ccc(C(F)(F)F)cc1. The summed E-state index contributed by atoms with van der Waals surface area (Å²) in [7, 11) is 0. The second-order valence-electron chi connectivity index (χ2n) is 4.08. The van der Waals surface area contributed by atoms with E-state index in [4.69, 9.17) is 4.74 Å². The molecular formula is C13H13F3N2O. The van der Waals surface area contributed by atoms with Gasteiger partial charge in [0.1, 0.15) is 5.75 Å². The molecule has 6 heteroatoms. The highest BCUT2D eigenvalue weighted by Gasteiger charge is 2.30. The molecule has 2 aromatic rings. The highest BCUT2D eigenvalue weighted by atomic mass is 19.4. The molecule has 102 valence electrons. The number of ether oxygens (including phenoxy) is 1. The number of imidazole rings is 1. The van der Waals surface area contributed by atoms with E-state index < -0.39 is 11.7 Å². The zero-order valence-corrected chi connectivity index (χ0v) is 10.5. The highest BCUT2D eigenvalue weighted by Crippen LogP contribution is 2.31. The first kappa shape index (κ1) is 13.5. The van der Waals surface area contributed by atoms with Crippen molar-refractivity contribution >= 4 is 0 Å². The molecule has 0 bridgehead atoms. The summed E-state index contributed by atoms with van der Waals surface area (Å²) in [4.78, 5) is 4.17. The number of aromatic nitrogens is 2. The van der Waals surface area contributed by atoms with Crippen LogP contribution < -0.4 is 4.74 Å². The Labute approximate surface area is 108 Å². The molecule has 1 aromatic carbocycles. The van der Waals surface area contributed by atoms with E-state index in [1.165, 1.54) is 12.1 Å². The third kappa shape index (κ3) is 3.07. The number of alkyl halides is 3. The van der Waals surface area contributed by atoms with E-state index in [2.05, 4.69) is 4.98 Å². The molecule has 0 unspecified atom stereocenters. The Hall–Kier alpha value is -1.98. The molecule has 0 N–H and O–H groups in total. The number of aryl methyl sites for hydroxylation is 2. The molecule has 0 saturated heterocycles. The number of halogens is 3. The van der Waals surface area contributed by atoms with E-state index in [0.29, 0.717) is 18.3 Å². The van der Waals surface area contributed by atoms with Crippen LogP contribution in [0.5, 0.6) is 11.8 Å². The quantitative estimate of drug-likeness (QED) is 0.842. The van der Waals surface area contributed by atoms with Gasteiger partial charge in [-0.05, 0) is 38.1 Å². The van der Waals surface area contributed by atoms with Crippen LogP contribution >= 0.6 is 0 Å². The van der Waals surface area contributed by atoms with Crippen LogP contribution in [0.2, 0.25) is 0 Å². The maximum Gasteiger partial charge on any atom is 0.416 e. The molecule has 2 rings (SSSR count). The van der Waals surface area contributed by atoms with Crippen molar-refractivity contribution in [3.05, 3.63) is 41.7 Å². The average Bonchev–Trinajstić information content (AvgIpc) is 2.69. The third-order valence-electron chi connectivity index (χ3n) is 2.59. The molecule has 0 fully saturated rings. The molecule has 19 heavy (non-hydrogen) atoms. The summed E-state index contributed by atoms with van der Waals surface area (Å²) in [5.74, 6) is 0.327. The van der Waals surface area contributed by atoms with Crippen LogP contribution in [0.25, 0.3) is 0 Å². The number of hydrogen-bond acceptors (Lipinski definition) is 2. The second kappa shape index (κ2) is 4.95. The van der Waals surface area contributed by atoms with Crippen molar-refractivity contribution in [2.24, 2.45) is 0 Å². The Morgan fingerprint density at radius 2 is 1.84 bits per heavy atom. The summed E-state index contributed by atoms with van der Waals surface area (Å²) in [6.45, 7) is 4.43. The van der Waals surface area contributed by atoms with Crippen molar-refractivity contribution in [1.29, 1.82) is 0 Å². The van der Waals surface area contributed by atoms with Crippen molar-refractivity contribution in [3.63, 3.8) is 0 Å². The number of benzene rings is 1. The second-order valence-corrected chi connectivity index (χ2v) is 4.08. The Kier molecular flexibility index (Phi) is 3.50. The molecule has 0 spiro atoms. The van der Waals surface area contributed by atoms with E-state index in [1.54, 1.807) is 4.57 Å². The minimum atomic E-state index is -4.34. The number of rotatable bonds is 3. The molecule has 0 saturated carbocycles. The standard InChI is InChI=1S/C13H13F3N2O/c1-3-18-8-9(2)17-12(18)19-11-6-4-10(5-7-11)13(14,15)16/h4-8H,3H2,1-2H3. The van der Waals surface area contributed by atoms with Crippen LogP contribution in [0.1, 0.15) is 18.2 Å². The normalized spacial score (nSPS) is 11.6. The van der Waals surface area contributed by atoms with Crippen molar-refractivity contribution in [3.8, 4) is 11.8 Å². The van der Waals surface area contributed by atoms with E-state index in [1.807, 2.05) is 20.0 Å². The van der Waals surface area contributed by atoms with E-state index in [0.717, 1.165) is 17.8 Å². The van der Waals surface area contributed by atoms with E-state index in [-0.39, 0.29) is 0 Å². The van der Waals surface area contributed by atoms with Gasteiger partial charge < -0.3 is 9.30 Å². The zero-order valence-electron chi connectivity index (χ0n) is 10.5. The Morgan fingerprint density at radius 3 is 2.37 bits per heavy atom. The predicted molar refractivity (Wildman–Crippen MR) is 64.2 cm³/mol. The Morgan fingerprint density at radius 1 is 1.21 bits per heavy atom. The van der Waals surface area contributed by atoms with Gasteiger partial charge in [0.25, 0.3) is 0 Å². The lowest BCUT2D eigenvalue weighted by Gasteiger charge is -2.09. The molecular weight excluding hydrogens is 257 g/mol. The van der Waals surface area contributed by atoms with Gasteiger partial charge >= 0.3 is 12.2 Å². The molecule has 0 aliphatic heterocycles. The first-order valence-electron chi connectivity index (χ1n) is 5.79. The van der Waals surface area contributed by atoms with Crippen molar-refractivity contribution in [2.75, 3.05) is 0 Å². The number of nitrogens with zero attached hydrogens (tertiary/aromatic N) is 2. The molecule has 0 aliphatic rings. The molecule has 0 aliphatic carbocycles. The lowest BCUT2D eigenvalue weighted by atomic mass is 10.2. The lowest BCUT2D eigenvalue weighted by Crippen LogP contribution is -2.04. The summed E-state index contributed by atoms with van der Waals surface area (Å²) in [6.07, 6.45) is -2.52. The monoisotopic (exact) mass is 270 g/mol. The average molecular weight is 270 g/mol. The fourth-order valence-electron chi connectivity index (χ4n) is 1.65. The van der Waals surface area contributed by atoms with Gasteiger partial charge in [0, 0.05) is 12.7 Å². The number of hydrogen-bond donors (Lipinski definition) is 0. The molecule has 1 aromatic heterocycles. The van der Waals surface area contributed by atoms with Gasteiger partial charge in [0.2, 0.25) is 0 Å². The summed E-state index contributed by atoms with van der Waals surface area (Å²) < 4.78 is 44.5. The maximum absolute atomic E-state index is 12.4. The zero-order chi connectivity index (χ0) is 14.0. The van der Waals surface area contributed by atoms with Gasteiger partial charge in [-0.25, -0.2) is 4.98 Å². The van der Waals surface area contributed by atoms with Crippen LogP contribution in [0.4, 0.5) is 13.2 Å². The fraction of sp³-hybridized carbons (Fsp3) is 0.308. The minimum Gasteiger partial charge on any atom is -0.426 e. The summed E-state index contributed by atoms with van der Waals surface area (Å²) in [5.41, 5.74) is 0.0959. The van der Waals surface area contributed by atoms with Crippen molar-refractivity contribution in [2.45, 2.75) is 26.6 Å². The van der Waals surface area contributed by atoms with Crippen LogP contribution in [0, 0.1) is 6.92 Å². The van der Waals surface area contributed by atoms with Gasteiger partial charge in [-0.2, -0.15) is 13.2 Å². The van der Waals surface area contributed by atoms with Crippen LogP contribution in [-0.4, -0.2) is 9.55 Å². The van der Waals surface area contributed by atoms with Crippen LogP contribution in [0.15, 0.2) is 30.5 Å². The summed E-state index contributed by atoms with van der Waals surface area (Å²) >= 11 is 0. The molecule has 1 heterocycles. The highest BCUT2D eigenvalue weighted by molar-refractivity contribution is 5.31. The summed E-state index contributed by atoms with van der Waals surface area (Å²) in [6, 6.07) is 4.92. The first-order chi connectivity index (χ1) is 8.90. The van der Waals surface area contributed by atoms with Crippen molar-refractivity contribution in [1.82, 2.24) is 9.55 Å². The summed E-state index contributed by atoms with van der Waals surface area (Å²) in [5, 5.41) is 0. The predicted octanol–water partition coefficient (Wildman–Crippen LogP) is 4.02. The van der Waals surface area contributed by atoms with Crippen LogP contribution in [0.3, 0.4) is 0 Å². The van der Waals surface area contributed by atoms with Crippen LogP contribution in [-0.2, 0) is 12.7 Å². The van der Waals surface area contributed by atoms with E-state index in [9.17, 15) is 13.2 Å². The topological polar surface area (TPSA) is 27.1 Å². The largest absolute Gasteiger partial charge is 0.426 e. The third-order valence-corrected chi connectivity index (χ3v) is 2.59. The fourth-order valence-corrected chi connectivity index (χ4v) is 1.65. The molecule has 3 nitrogen and oxygen atoms in total. The van der Waals surface area contributed by atoms with Crippen molar-refractivity contribution < 1.29 is 17.9 Å². The Balaban J connectivity index is 2.19. The van der Waals surface area contributed by atoms with Gasteiger partial charge in [-0.3, -0.25) is 0 Å². The Bertz CT molecular complexity index is 558. The maximum atomic E-state index is 12.4. The smallest absolute Gasteiger partial charge is 0.416 e. The first-order valence-corrected chi connectivity index (χ1v) is 5.79.